The molecular weight excluding hydrogens is 347 g/mol. The van der Waals surface area contributed by atoms with Gasteiger partial charge in [0.25, 0.3) is 11.8 Å². The third-order valence-electron chi connectivity index (χ3n) is 4.59. The number of imidazole rings is 1. The summed E-state index contributed by atoms with van der Waals surface area (Å²) in [5, 5.41) is 5.64. The van der Waals surface area contributed by atoms with Crippen molar-refractivity contribution in [1.29, 1.82) is 0 Å². The Labute approximate surface area is 158 Å². The van der Waals surface area contributed by atoms with Crippen LogP contribution in [-0.4, -0.2) is 34.0 Å². The zero-order valence-corrected chi connectivity index (χ0v) is 15.7. The van der Waals surface area contributed by atoms with Crippen molar-refractivity contribution >= 4 is 11.8 Å². The van der Waals surface area contributed by atoms with Gasteiger partial charge in [0.15, 0.2) is 5.82 Å². The van der Waals surface area contributed by atoms with Gasteiger partial charge < -0.3 is 15.2 Å². The van der Waals surface area contributed by atoms with Crippen molar-refractivity contribution < 1.29 is 14.0 Å². The minimum atomic E-state index is -0.319. The largest absolute Gasteiger partial charge is 0.350 e. The molecule has 0 atom stereocenters. The van der Waals surface area contributed by atoms with Crippen LogP contribution in [-0.2, 0) is 19.4 Å². The van der Waals surface area contributed by atoms with E-state index in [2.05, 4.69) is 15.6 Å². The molecule has 7 heteroatoms. The summed E-state index contributed by atoms with van der Waals surface area (Å²) in [4.78, 5) is 29.4. The highest BCUT2D eigenvalue weighted by Crippen LogP contribution is 2.21. The van der Waals surface area contributed by atoms with E-state index in [9.17, 15) is 14.0 Å². The molecule has 1 aliphatic heterocycles. The third-order valence-corrected chi connectivity index (χ3v) is 4.59. The Kier molecular flexibility index (Phi) is 5.88. The maximum atomic E-state index is 13.7. The number of amides is 2. The number of hydrogen-bond acceptors (Lipinski definition) is 3. The number of nitrogens with zero attached hydrogens (tertiary/aromatic N) is 2. The van der Waals surface area contributed by atoms with Crippen LogP contribution in [0.1, 0.15) is 59.1 Å². The number of nitrogens with one attached hydrogen (secondary N) is 2. The molecule has 0 saturated carbocycles. The lowest BCUT2D eigenvalue weighted by atomic mass is 10.1. The maximum Gasteiger partial charge on any atom is 0.287 e. The number of carbonyl (C=O) groups excluding carboxylic acids is 2. The second kappa shape index (κ2) is 8.33. The summed E-state index contributed by atoms with van der Waals surface area (Å²) >= 11 is 0. The predicted octanol–water partition coefficient (Wildman–Crippen LogP) is 2.47. The average molecular weight is 372 g/mol. The fourth-order valence-corrected chi connectivity index (χ4v) is 3.32. The van der Waals surface area contributed by atoms with Gasteiger partial charge in [-0.15, -0.1) is 0 Å². The molecular formula is C20H25FN4O2. The van der Waals surface area contributed by atoms with E-state index in [0.717, 1.165) is 25.0 Å². The zero-order chi connectivity index (χ0) is 19.4. The van der Waals surface area contributed by atoms with Crippen LogP contribution in [0.4, 0.5) is 4.39 Å². The number of halogens is 1. The minimum absolute atomic E-state index is 0.00733. The molecule has 0 spiro atoms. The van der Waals surface area contributed by atoms with Crippen molar-refractivity contribution in [1.82, 2.24) is 20.2 Å². The second-order valence-corrected chi connectivity index (χ2v) is 7.06. The van der Waals surface area contributed by atoms with Gasteiger partial charge in [-0.25, -0.2) is 9.37 Å². The molecule has 2 amide bonds. The fraction of sp³-hybridized carbons (Fsp3) is 0.450. The van der Waals surface area contributed by atoms with E-state index >= 15 is 0 Å². The number of benzene rings is 1. The third kappa shape index (κ3) is 4.35. The van der Waals surface area contributed by atoms with Gasteiger partial charge in [-0.2, -0.15) is 0 Å². The Morgan fingerprint density at radius 3 is 2.74 bits per heavy atom. The SMILES string of the molecule is CC(C)NC(=O)c1nc(C(=O)NCCc2ccccc2F)c2n1CCCC2. The van der Waals surface area contributed by atoms with E-state index < -0.39 is 0 Å². The van der Waals surface area contributed by atoms with Gasteiger partial charge in [-0.1, -0.05) is 18.2 Å². The van der Waals surface area contributed by atoms with Crippen LogP contribution in [0.15, 0.2) is 24.3 Å². The lowest BCUT2D eigenvalue weighted by molar-refractivity contribution is 0.0927. The topological polar surface area (TPSA) is 76.0 Å². The summed E-state index contributed by atoms with van der Waals surface area (Å²) in [6.07, 6.45) is 3.04. The average Bonchev–Trinajstić information content (AvgIpc) is 3.02. The molecule has 6 nitrogen and oxygen atoms in total. The lowest BCUT2D eigenvalue weighted by Gasteiger charge is -2.17. The first-order chi connectivity index (χ1) is 13.0. The Bertz CT molecular complexity index is 845. The molecule has 0 unspecified atom stereocenters. The highest BCUT2D eigenvalue weighted by atomic mass is 19.1. The first kappa shape index (κ1) is 19.1. The van der Waals surface area contributed by atoms with E-state index in [-0.39, 0.29) is 29.5 Å². The fourth-order valence-electron chi connectivity index (χ4n) is 3.32. The molecule has 3 rings (SSSR count). The summed E-state index contributed by atoms with van der Waals surface area (Å²) in [6.45, 7) is 4.76. The van der Waals surface area contributed by atoms with Crippen molar-refractivity contribution in [2.24, 2.45) is 0 Å². The molecule has 1 aliphatic rings. The molecule has 0 fully saturated rings. The molecule has 0 radical (unpaired) electrons. The van der Waals surface area contributed by atoms with Crippen LogP contribution >= 0.6 is 0 Å². The number of rotatable bonds is 6. The van der Waals surface area contributed by atoms with Crippen molar-refractivity contribution in [3.8, 4) is 0 Å². The molecule has 0 aliphatic carbocycles. The predicted molar refractivity (Wildman–Crippen MR) is 100 cm³/mol. The minimum Gasteiger partial charge on any atom is -0.350 e. The van der Waals surface area contributed by atoms with Crippen molar-refractivity contribution in [3.05, 3.63) is 52.9 Å². The van der Waals surface area contributed by atoms with Gasteiger partial charge in [0.05, 0.1) is 5.69 Å². The van der Waals surface area contributed by atoms with Crippen LogP contribution in [0.25, 0.3) is 0 Å². The molecule has 0 bridgehead atoms. The van der Waals surface area contributed by atoms with Crippen LogP contribution in [0, 0.1) is 5.82 Å². The van der Waals surface area contributed by atoms with Gasteiger partial charge >= 0.3 is 0 Å². The highest BCUT2D eigenvalue weighted by molar-refractivity contribution is 5.97. The van der Waals surface area contributed by atoms with Gasteiger partial charge in [-0.3, -0.25) is 9.59 Å². The molecule has 0 saturated heterocycles. The molecule has 1 aromatic heterocycles. The summed E-state index contributed by atoms with van der Waals surface area (Å²) in [5.74, 6) is -0.574. The number of aromatic nitrogens is 2. The quantitative estimate of drug-likeness (QED) is 0.818. The van der Waals surface area contributed by atoms with E-state index in [1.807, 2.05) is 18.4 Å². The molecule has 2 aromatic rings. The summed E-state index contributed by atoms with van der Waals surface area (Å²) in [6, 6.07) is 6.51. The summed E-state index contributed by atoms with van der Waals surface area (Å²) < 4.78 is 15.5. The van der Waals surface area contributed by atoms with Crippen molar-refractivity contribution in [3.63, 3.8) is 0 Å². The monoisotopic (exact) mass is 372 g/mol. The molecule has 2 heterocycles. The first-order valence-corrected chi connectivity index (χ1v) is 9.39. The molecule has 27 heavy (non-hydrogen) atoms. The molecule has 2 N–H and O–H groups in total. The first-order valence-electron chi connectivity index (χ1n) is 9.39. The van der Waals surface area contributed by atoms with E-state index in [1.165, 1.54) is 6.07 Å². The van der Waals surface area contributed by atoms with Gasteiger partial charge in [-0.05, 0) is 51.2 Å². The van der Waals surface area contributed by atoms with Crippen LogP contribution in [0.2, 0.25) is 0 Å². The van der Waals surface area contributed by atoms with E-state index in [1.54, 1.807) is 18.2 Å². The van der Waals surface area contributed by atoms with Gasteiger partial charge in [0.1, 0.15) is 11.5 Å². The summed E-state index contributed by atoms with van der Waals surface area (Å²) in [5.41, 5.74) is 1.66. The molecule has 144 valence electrons. The van der Waals surface area contributed by atoms with Crippen molar-refractivity contribution in [2.75, 3.05) is 6.54 Å². The Morgan fingerprint density at radius 2 is 2.00 bits per heavy atom. The van der Waals surface area contributed by atoms with Gasteiger partial charge in [0, 0.05) is 19.1 Å². The Hall–Kier alpha value is -2.70. The van der Waals surface area contributed by atoms with Gasteiger partial charge in [0.2, 0.25) is 0 Å². The Morgan fingerprint density at radius 1 is 1.22 bits per heavy atom. The van der Waals surface area contributed by atoms with Crippen LogP contribution in [0.5, 0.6) is 0 Å². The van der Waals surface area contributed by atoms with Crippen LogP contribution < -0.4 is 10.6 Å². The highest BCUT2D eigenvalue weighted by Gasteiger charge is 2.27. The van der Waals surface area contributed by atoms with Crippen LogP contribution in [0.3, 0.4) is 0 Å². The van der Waals surface area contributed by atoms with E-state index in [4.69, 9.17) is 0 Å². The second-order valence-electron chi connectivity index (χ2n) is 7.06. The number of hydrogen-bond donors (Lipinski definition) is 2. The maximum absolute atomic E-state index is 13.7. The lowest BCUT2D eigenvalue weighted by Crippen LogP contribution is -2.33. The Balaban J connectivity index is 1.73. The standard InChI is InChI=1S/C20H25FN4O2/c1-13(2)23-20(27)18-24-17(16-9-5-6-12-25(16)18)19(26)22-11-10-14-7-3-4-8-15(14)21/h3-4,7-8,13H,5-6,9-12H2,1-2H3,(H,22,26)(H,23,27). The summed E-state index contributed by atoms with van der Waals surface area (Å²) in [7, 11) is 0. The normalized spacial score (nSPS) is 13.3. The smallest absolute Gasteiger partial charge is 0.287 e. The van der Waals surface area contributed by atoms with E-state index in [0.29, 0.717) is 30.8 Å². The van der Waals surface area contributed by atoms with Crippen molar-refractivity contribution in [2.45, 2.75) is 52.1 Å². The zero-order valence-electron chi connectivity index (χ0n) is 15.7. The number of carbonyl (C=O) groups is 2. The molecule has 1 aromatic carbocycles. The number of fused-ring (bicyclic) bond motifs is 1.